The van der Waals surface area contributed by atoms with Crippen LogP contribution in [-0.4, -0.2) is 17.5 Å². The van der Waals surface area contributed by atoms with Gasteiger partial charge in [-0.3, -0.25) is 4.90 Å². The van der Waals surface area contributed by atoms with Crippen molar-refractivity contribution in [1.29, 1.82) is 5.26 Å². The third-order valence-electron chi connectivity index (χ3n) is 5.97. The first kappa shape index (κ1) is 22.5. The molecule has 0 spiro atoms. The van der Waals surface area contributed by atoms with E-state index in [2.05, 4.69) is 75.9 Å². The van der Waals surface area contributed by atoms with Crippen molar-refractivity contribution in [2.75, 3.05) is 6.54 Å². The highest BCUT2D eigenvalue weighted by molar-refractivity contribution is 6.31. The Morgan fingerprint density at radius 2 is 1.57 bits per heavy atom. The van der Waals surface area contributed by atoms with Crippen LogP contribution >= 0.6 is 11.6 Å². The average Bonchev–Trinajstić information content (AvgIpc) is 2.69. The molecule has 0 bridgehead atoms. The van der Waals surface area contributed by atoms with E-state index in [1.165, 1.54) is 5.56 Å². The van der Waals surface area contributed by atoms with Crippen LogP contribution in [0.3, 0.4) is 0 Å². The fraction of sp³-hybridized carbons (Fsp3) is 0.480. The molecule has 3 heteroatoms. The number of halogens is 1. The minimum absolute atomic E-state index is 0.191. The van der Waals surface area contributed by atoms with Gasteiger partial charge in [-0.15, -0.1) is 0 Å². The van der Waals surface area contributed by atoms with Gasteiger partial charge in [0.05, 0.1) is 11.5 Å². The van der Waals surface area contributed by atoms with Crippen LogP contribution in [0.1, 0.15) is 64.6 Å². The Morgan fingerprint density at radius 3 is 2.11 bits per heavy atom. The molecule has 0 radical (unpaired) electrons. The Hall–Kier alpha value is -1.82. The molecule has 2 rings (SSSR count). The lowest BCUT2D eigenvalue weighted by Gasteiger charge is -2.36. The molecule has 0 aliphatic carbocycles. The number of nitriles is 1. The molecule has 2 aromatic rings. The molecule has 0 saturated heterocycles. The number of rotatable bonds is 9. The lowest BCUT2D eigenvalue weighted by atomic mass is 9.69. The molecule has 2 atom stereocenters. The van der Waals surface area contributed by atoms with Crippen molar-refractivity contribution in [3.05, 3.63) is 70.7 Å². The van der Waals surface area contributed by atoms with E-state index in [0.717, 1.165) is 24.9 Å². The van der Waals surface area contributed by atoms with Gasteiger partial charge in [-0.1, -0.05) is 74.0 Å². The van der Waals surface area contributed by atoms with E-state index in [4.69, 9.17) is 11.6 Å². The normalized spacial score (nSPS) is 14.9. The van der Waals surface area contributed by atoms with Gasteiger partial charge in [-0.25, -0.2) is 0 Å². The second-order valence-electron chi connectivity index (χ2n) is 8.24. The molecule has 0 N–H and O–H groups in total. The summed E-state index contributed by atoms with van der Waals surface area (Å²) >= 11 is 6.49. The van der Waals surface area contributed by atoms with Crippen LogP contribution in [0.25, 0.3) is 0 Å². The fourth-order valence-corrected chi connectivity index (χ4v) is 4.47. The Balaban J connectivity index is 2.18. The molecular weight excluding hydrogens is 364 g/mol. The zero-order valence-corrected chi connectivity index (χ0v) is 18.6. The highest BCUT2D eigenvalue weighted by Crippen LogP contribution is 2.40. The lowest BCUT2D eigenvalue weighted by molar-refractivity contribution is 0.156. The van der Waals surface area contributed by atoms with Crippen molar-refractivity contribution in [2.45, 2.75) is 65.0 Å². The standard InChI is InChI=1S/C25H33ClN2/c1-19(2)25(18-27,23-14-9-10-15-24(23)26)16-11-17-28(20(3)4)21(5)22-12-7-6-8-13-22/h6-10,12-15,19-21H,11,16-17H2,1-5H3. The first-order valence-corrected chi connectivity index (χ1v) is 10.7. The van der Waals surface area contributed by atoms with Gasteiger partial charge in [0.1, 0.15) is 0 Å². The first-order chi connectivity index (χ1) is 13.3. The molecule has 2 unspecified atom stereocenters. The molecule has 28 heavy (non-hydrogen) atoms. The molecule has 0 aliphatic rings. The van der Waals surface area contributed by atoms with Crippen LogP contribution in [0, 0.1) is 17.2 Å². The molecule has 2 aromatic carbocycles. The van der Waals surface area contributed by atoms with E-state index in [0.29, 0.717) is 17.1 Å². The van der Waals surface area contributed by atoms with Crippen molar-refractivity contribution in [1.82, 2.24) is 4.90 Å². The molecule has 0 aliphatic heterocycles. The average molecular weight is 397 g/mol. The van der Waals surface area contributed by atoms with Crippen molar-refractivity contribution >= 4 is 11.6 Å². The highest BCUT2D eigenvalue weighted by atomic mass is 35.5. The van der Waals surface area contributed by atoms with Crippen LogP contribution in [-0.2, 0) is 5.41 Å². The predicted molar refractivity (Wildman–Crippen MR) is 120 cm³/mol. The summed E-state index contributed by atoms with van der Waals surface area (Å²) in [5.74, 6) is 0.191. The Morgan fingerprint density at radius 1 is 0.964 bits per heavy atom. The maximum atomic E-state index is 10.2. The summed E-state index contributed by atoms with van der Waals surface area (Å²) < 4.78 is 0. The Labute approximate surface area is 176 Å². The van der Waals surface area contributed by atoms with Gasteiger partial charge < -0.3 is 0 Å². The smallest absolute Gasteiger partial charge is 0.0859 e. The zero-order chi connectivity index (χ0) is 20.7. The van der Waals surface area contributed by atoms with Crippen molar-refractivity contribution in [2.24, 2.45) is 5.92 Å². The molecule has 0 heterocycles. The van der Waals surface area contributed by atoms with Crippen LogP contribution < -0.4 is 0 Å². The monoisotopic (exact) mass is 396 g/mol. The van der Waals surface area contributed by atoms with Gasteiger partial charge in [-0.05, 0) is 63.3 Å². The summed E-state index contributed by atoms with van der Waals surface area (Å²) in [6, 6.07) is 21.9. The largest absolute Gasteiger partial charge is 0.294 e. The summed E-state index contributed by atoms with van der Waals surface area (Å²) in [4.78, 5) is 2.52. The summed E-state index contributed by atoms with van der Waals surface area (Å²) in [5, 5.41) is 10.9. The van der Waals surface area contributed by atoms with Crippen LogP contribution in [0.2, 0.25) is 5.02 Å². The van der Waals surface area contributed by atoms with Gasteiger partial charge in [-0.2, -0.15) is 5.26 Å². The van der Waals surface area contributed by atoms with Gasteiger partial charge in [0.25, 0.3) is 0 Å². The number of benzene rings is 2. The summed E-state index contributed by atoms with van der Waals surface area (Å²) in [6.07, 6.45) is 1.75. The number of hydrogen-bond acceptors (Lipinski definition) is 2. The second kappa shape index (κ2) is 10.1. The number of nitrogens with zero attached hydrogens (tertiary/aromatic N) is 2. The molecule has 0 fully saturated rings. The van der Waals surface area contributed by atoms with Crippen LogP contribution in [0.15, 0.2) is 54.6 Å². The summed E-state index contributed by atoms with van der Waals surface area (Å²) in [5.41, 5.74) is 1.73. The molecule has 0 amide bonds. The first-order valence-electron chi connectivity index (χ1n) is 10.3. The molecule has 2 nitrogen and oxygen atoms in total. The van der Waals surface area contributed by atoms with Gasteiger partial charge in [0.15, 0.2) is 0 Å². The van der Waals surface area contributed by atoms with Crippen molar-refractivity contribution in [3.8, 4) is 6.07 Å². The Bertz CT molecular complexity index is 779. The van der Waals surface area contributed by atoms with Crippen molar-refractivity contribution in [3.63, 3.8) is 0 Å². The highest BCUT2D eigenvalue weighted by Gasteiger charge is 2.37. The van der Waals surface area contributed by atoms with Crippen molar-refractivity contribution < 1.29 is 0 Å². The Kier molecular flexibility index (Phi) is 8.10. The molecule has 150 valence electrons. The molecule has 0 aromatic heterocycles. The lowest BCUT2D eigenvalue weighted by Crippen LogP contribution is -2.37. The zero-order valence-electron chi connectivity index (χ0n) is 17.8. The summed E-state index contributed by atoms with van der Waals surface area (Å²) in [6.45, 7) is 12.0. The van der Waals surface area contributed by atoms with E-state index in [1.807, 2.05) is 24.3 Å². The van der Waals surface area contributed by atoms with E-state index in [1.54, 1.807) is 0 Å². The SMILES string of the molecule is CC(C)N(CCCC(C#N)(c1ccccc1Cl)C(C)C)C(C)c1ccccc1. The predicted octanol–water partition coefficient (Wildman–Crippen LogP) is 7.01. The molecule has 0 saturated carbocycles. The van der Waals surface area contributed by atoms with E-state index >= 15 is 0 Å². The van der Waals surface area contributed by atoms with Gasteiger partial charge in [0, 0.05) is 17.1 Å². The van der Waals surface area contributed by atoms with E-state index in [-0.39, 0.29) is 5.92 Å². The minimum atomic E-state index is -0.559. The van der Waals surface area contributed by atoms with Crippen LogP contribution in [0.5, 0.6) is 0 Å². The molecular formula is C25H33ClN2. The third kappa shape index (κ3) is 4.96. The van der Waals surface area contributed by atoms with E-state index in [9.17, 15) is 5.26 Å². The van der Waals surface area contributed by atoms with Gasteiger partial charge >= 0.3 is 0 Å². The maximum Gasteiger partial charge on any atom is 0.0859 e. The van der Waals surface area contributed by atoms with E-state index < -0.39 is 5.41 Å². The van der Waals surface area contributed by atoms with Gasteiger partial charge in [0.2, 0.25) is 0 Å². The third-order valence-corrected chi connectivity index (χ3v) is 6.30. The number of hydrogen-bond donors (Lipinski definition) is 0. The minimum Gasteiger partial charge on any atom is -0.294 e. The quantitative estimate of drug-likeness (QED) is 0.455. The maximum absolute atomic E-state index is 10.2. The fourth-order valence-electron chi connectivity index (χ4n) is 4.17. The topological polar surface area (TPSA) is 27.0 Å². The summed E-state index contributed by atoms with van der Waals surface area (Å²) in [7, 11) is 0. The van der Waals surface area contributed by atoms with Crippen LogP contribution in [0.4, 0.5) is 0 Å². The second-order valence-corrected chi connectivity index (χ2v) is 8.65.